The topological polar surface area (TPSA) is 96.0 Å². The monoisotopic (exact) mass is 308 g/mol. The molecule has 1 saturated carbocycles. The summed E-state index contributed by atoms with van der Waals surface area (Å²) >= 11 is 0. The number of H-pyrrole nitrogens is 1. The number of hydrogen-bond acceptors (Lipinski definition) is 3. The highest BCUT2D eigenvalue weighted by molar-refractivity contribution is 5.73. The first-order chi connectivity index (χ1) is 10.3. The standard InChI is InChI=1S/C15H24N4O3/c1-15(2,3)19-9-11(12(20)18-14(19)22)8-17-13(21)16-7-10-5-4-6-10/h9-10H,4-8H2,1-3H3,(H2,16,17,21)(H,18,20,22). The zero-order valence-electron chi connectivity index (χ0n) is 13.4. The Morgan fingerprint density at radius 2 is 2.00 bits per heavy atom. The Kier molecular flexibility index (Phi) is 4.73. The second-order valence-corrected chi connectivity index (χ2v) is 6.81. The summed E-state index contributed by atoms with van der Waals surface area (Å²) in [6, 6.07) is -0.292. The molecule has 2 rings (SSSR count). The van der Waals surface area contributed by atoms with Crippen LogP contribution in [0.1, 0.15) is 45.6 Å². The van der Waals surface area contributed by atoms with E-state index in [1.54, 1.807) is 0 Å². The lowest BCUT2D eigenvalue weighted by Crippen LogP contribution is -2.42. The predicted octanol–water partition coefficient (Wildman–Crippen LogP) is 0.891. The fourth-order valence-corrected chi connectivity index (χ4v) is 2.31. The minimum Gasteiger partial charge on any atom is -0.338 e. The molecule has 3 N–H and O–H groups in total. The Morgan fingerprint density at radius 3 is 2.55 bits per heavy atom. The highest BCUT2D eigenvalue weighted by Gasteiger charge is 2.19. The molecule has 7 heteroatoms. The smallest absolute Gasteiger partial charge is 0.328 e. The van der Waals surface area contributed by atoms with E-state index in [-0.39, 0.29) is 12.6 Å². The summed E-state index contributed by atoms with van der Waals surface area (Å²) in [7, 11) is 0. The molecule has 22 heavy (non-hydrogen) atoms. The summed E-state index contributed by atoms with van der Waals surface area (Å²) in [6.45, 7) is 6.37. The van der Waals surface area contributed by atoms with E-state index < -0.39 is 16.8 Å². The van der Waals surface area contributed by atoms with Crippen LogP contribution in [0.5, 0.6) is 0 Å². The van der Waals surface area contributed by atoms with Crippen LogP contribution < -0.4 is 21.9 Å². The van der Waals surface area contributed by atoms with E-state index in [9.17, 15) is 14.4 Å². The summed E-state index contributed by atoms with van der Waals surface area (Å²) in [5.41, 5.74) is -1.00. The summed E-state index contributed by atoms with van der Waals surface area (Å²) < 4.78 is 1.46. The van der Waals surface area contributed by atoms with Gasteiger partial charge < -0.3 is 10.6 Å². The molecule has 0 aliphatic heterocycles. The van der Waals surface area contributed by atoms with Crippen LogP contribution >= 0.6 is 0 Å². The molecule has 7 nitrogen and oxygen atoms in total. The van der Waals surface area contributed by atoms with E-state index >= 15 is 0 Å². The van der Waals surface area contributed by atoms with Crippen molar-refractivity contribution in [3.8, 4) is 0 Å². The van der Waals surface area contributed by atoms with Crippen molar-refractivity contribution in [2.45, 2.75) is 52.1 Å². The van der Waals surface area contributed by atoms with Crippen molar-refractivity contribution in [2.24, 2.45) is 5.92 Å². The van der Waals surface area contributed by atoms with Gasteiger partial charge in [0.25, 0.3) is 5.56 Å². The molecule has 1 aliphatic carbocycles. The molecular formula is C15H24N4O3. The summed E-state index contributed by atoms with van der Waals surface area (Å²) in [5.74, 6) is 0.581. The number of aromatic amines is 1. The van der Waals surface area contributed by atoms with E-state index in [0.717, 1.165) is 12.8 Å². The molecule has 1 aliphatic rings. The van der Waals surface area contributed by atoms with E-state index in [4.69, 9.17) is 0 Å². The van der Waals surface area contributed by atoms with Crippen LogP contribution in [0, 0.1) is 5.92 Å². The highest BCUT2D eigenvalue weighted by atomic mass is 16.2. The molecule has 0 aromatic carbocycles. The van der Waals surface area contributed by atoms with Gasteiger partial charge in [-0.3, -0.25) is 14.3 Å². The summed E-state index contributed by atoms with van der Waals surface area (Å²) in [6.07, 6.45) is 5.07. The Hall–Kier alpha value is -2.05. The first kappa shape index (κ1) is 16.3. The van der Waals surface area contributed by atoms with Crippen molar-refractivity contribution in [2.75, 3.05) is 6.54 Å². The number of nitrogens with one attached hydrogen (secondary N) is 3. The van der Waals surface area contributed by atoms with E-state index in [1.807, 2.05) is 20.8 Å². The van der Waals surface area contributed by atoms with Crippen molar-refractivity contribution in [3.05, 3.63) is 32.6 Å². The van der Waals surface area contributed by atoms with Crippen LogP contribution in [-0.2, 0) is 12.1 Å². The lowest BCUT2D eigenvalue weighted by molar-refractivity contribution is 0.232. The van der Waals surface area contributed by atoms with Crippen LogP contribution in [0.15, 0.2) is 15.8 Å². The first-order valence-corrected chi connectivity index (χ1v) is 7.64. The van der Waals surface area contributed by atoms with Gasteiger partial charge in [0.15, 0.2) is 0 Å². The Balaban J connectivity index is 1.98. The molecule has 0 unspecified atom stereocenters. The quantitative estimate of drug-likeness (QED) is 0.771. The Bertz CT molecular complexity index is 650. The van der Waals surface area contributed by atoms with Crippen molar-refractivity contribution in [1.82, 2.24) is 20.2 Å². The molecule has 1 heterocycles. The molecule has 1 aromatic heterocycles. The molecule has 0 spiro atoms. The average molecular weight is 308 g/mol. The number of amides is 2. The van der Waals surface area contributed by atoms with Gasteiger partial charge in [-0.15, -0.1) is 0 Å². The average Bonchev–Trinajstić information content (AvgIpc) is 2.34. The third-order valence-electron chi connectivity index (χ3n) is 3.95. The lowest BCUT2D eigenvalue weighted by Gasteiger charge is -2.25. The van der Waals surface area contributed by atoms with Gasteiger partial charge in [0, 0.05) is 18.3 Å². The minimum atomic E-state index is -0.468. The lowest BCUT2D eigenvalue weighted by atomic mass is 9.85. The number of urea groups is 1. The fraction of sp³-hybridized carbons (Fsp3) is 0.667. The van der Waals surface area contributed by atoms with Crippen LogP contribution in [-0.4, -0.2) is 22.1 Å². The number of nitrogens with zero attached hydrogens (tertiary/aromatic N) is 1. The molecule has 2 amide bonds. The highest BCUT2D eigenvalue weighted by Crippen LogP contribution is 2.24. The molecule has 122 valence electrons. The van der Waals surface area contributed by atoms with Crippen LogP contribution in [0.25, 0.3) is 0 Å². The third kappa shape index (κ3) is 3.99. The number of hydrogen-bond donors (Lipinski definition) is 3. The molecule has 0 radical (unpaired) electrons. The largest absolute Gasteiger partial charge is 0.338 e. The predicted molar refractivity (Wildman–Crippen MR) is 83.9 cm³/mol. The summed E-state index contributed by atoms with van der Waals surface area (Å²) in [4.78, 5) is 37.6. The zero-order chi connectivity index (χ0) is 16.3. The zero-order valence-corrected chi connectivity index (χ0v) is 13.4. The van der Waals surface area contributed by atoms with Crippen LogP contribution in [0.3, 0.4) is 0 Å². The third-order valence-corrected chi connectivity index (χ3v) is 3.95. The van der Waals surface area contributed by atoms with Crippen molar-refractivity contribution >= 4 is 6.03 Å². The second kappa shape index (κ2) is 6.37. The van der Waals surface area contributed by atoms with E-state index in [1.165, 1.54) is 17.2 Å². The van der Waals surface area contributed by atoms with Gasteiger partial charge in [0.2, 0.25) is 0 Å². The SMILES string of the molecule is CC(C)(C)n1cc(CNC(=O)NCC2CCC2)c(=O)[nH]c1=O. The number of carbonyl (C=O) groups is 1. The molecule has 0 saturated heterocycles. The minimum absolute atomic E-state index is 0.0855. The molecule has 1 fully saturated rings. The van der Waals surface area contributed by atoms with Crippen molar-refractivity contribution < 1.29 is 4.79 Å². The van der Waals surface area contributed by atoms with Crippen LogP contribution in [0.2, 0.25) is 0 Å². The number of carbonyl (C=O) groups excluding carboxylic acids is 1. The van der Waals surface area contributed by atoms with Gasteiger partial charge in [-0.25, -0.2) is 9.59 Å². The fourth-order valence-electron chi connectivity index (χ4n) is 2.31. The van der Waals surface area contributed by atoms with Gasteiger partial charge in [-0.05, 0) is 39.5 Å². The van der Waals surface area contributed by atoms with Gasteiger partial charge in [0.1, 0.15) is 0 Å². The maximum Gasteiger partial charge on any atom is 0.328 e. The summed E-state index contributed by atoms with van der Waals surface area (Å²) in [5, 5.41) is 5.46. The number of aromatic nitrogens is 2. The van der Waals surface area contributed by atoms with Gasteiger partial charge in [0.05, 0.1) is 12.1 Å². The number of rotatable bonds is 4. The molecule has 0 atom stereocenters. The van der Waals surface area contributed by atoms with E-state index in [2.05, 4.69) is 15.6 Å². The van der Waals surface area contributed by atoms with Gasteiger partial charge in [-0.1, -0.05) is 6.42 Å². The Morgan fingerprint density at radius 1 is 1.32 bits per heavy atom. The normalized spacial score (nSPS) is 15.2. The second-order valence-electron chi connectivity index (χ2n) is 6.81. The van der Waals surface area contributed by atoms with E-state index in [0.29, 0.717) is 18.0 Å². The maximum absolute atomic E-state index is 11.8. The maximum atomic E-state index is 11.8. The van der Waals surface area contributed by atoms with Gasteiger partial charge >= 0.3 is 11.7 Å². The molecular weight excluding hydrogens is 284 g/mol. The van der Waals surface area contributed by atoms with Crippen LogP contribution in [0.4, 0.5) is 4.79 Å². The first-order valence-electron chi connectivity index (χ1n) is 7.64. The molecule has 0 bridgehead atoms. The van der Waals surface area contributed by atoms with Crippen molar-refractivity contribution in [3.63, 3.8) is 0 Å². The Labute approximate surface area is 129 Å². The molecule has 1 aromatic rings. The van der Waals surface area contributed by atoms with Crippen molar-refractivity contribution in [1.29, 1.82) is 0 Å². The van der Waals surface area contributed by atoms with Gasteiger partial charge in [-0.2, -0.15) is 0 Å².